The van der Waals surface area contributed by atoms with Crippen LogP contribution in [0.15, 0.2) is 28.8 Å². The number of aliphatic hydroxyl groups is 1. The molecule has 0 spiro atoms. The van der Waals surface area contributed by atoms with Gasteiger partial charge in [0.15, 0.2) is 5.82 Å². The lowest BCUT2D eigenvalue weighted by atomic mass is 10.1. The molecule has 2 aromatic rings. The summed E-state index contributed by atoms with van der Waals surface area (Å²) in [7, 11) is 3.96. The number of hydrogen-bond donors (Lipinski definition) is 1. The maximum atomic E-state index is 9.74. The minimum atomic E-state index is -0.841. The van der Waals surface area contributed by atoms with Crippen LogP contribution in [0.4, 0.5) is 5.69 Å². The van der Waals surface area contributed by atoms with Gasteiger partial charge in [-0.2, -0.15) is 4.98 Å². The smallest absolute Gasteiger partial charge is 0.257 e. The summed E-state index contributed by atoms with van der Waals surface area (Å²) in [5.41, 5.74) is 1.10. The van der Waals surface area contributed by atoms with Gasteiger partial charge in [-0.05, 0) is 32.0 Å². The molecule has 0 aliphatic heterocycles. The van der Waals surface area contributed by atoms with E-state index in [-0.39, 0.29) is 0 Å². The Morgan fingerprint density at radius 3 is 2.68 bits per heavy atom. The Hall–Kier alpha value is -1.88. The first-order chi connectivity index (χ1) is 8.85. The molecule has 2 rings (SSSR count). The van der Waals surface area contributed by atoms with Gasteiger partial charge >= 0.3 is 0 Å². The zero-order valence-corrected chi connectivity index (χ0v) is 11.7. The summed E-state index contributed by atoms with van der Waals surface area (Å²) in [4.78, 5) is 6.32. The quantitative estimate of drug-likeness (QED) is 0.913. The summed E-state index contributed by atoms with van der Waals surface area (Å²) in [6, 6.07) is 7.87. The van der Waals surface area contributed by atoms with E-state index in [4.69, 9.17) is 4.52 Å². The van der Waals surface area contributed by atoms with Crippen molar-refractivity contribution in [1.29, 1.82) is 0 Å². The highest BCUT2D eigenvalue weighted by Gasteiger charge is 2.18. The van der Waals surface area contributed by atoms with E-state index in [0.717, 1.165) is 11.3 Å². The standard InChI is InChI=1S/C14H19N3O2/c1-14(2,18)9-12-15-13(19-16-12)10-6-5-7-11(8-10)17(3)4/h5-8,18H,9H2,1-4H3. The van der Waals surface area contributed by atoms with Crippen LogP contribution >= 0.6 is 0 Å². The highest BCUT2D eigenvalue weighted by Crippen LogP contribution is 2.23. The second kappa shape index (κ2) is 5.01. The van der Waals surface area contributed by atoms with Crippen LogP contribution < -0.4 is 4.90 Å². The van der Waals surface area contributed by atoms with Crippen LogP contribution in [0, 0.1) is 0 Å². The SMILES string of the molecule is CN(C)c1cccc(-c2nc(CC(C)(C)O)no2)c1. The molecule has 0 radical (unpaired) electrons. The zero-order valence-electron chi connectivity index (χ0n) is 11.7. The van der Waals surface area contributed by atoms with E-state index in [0.29, 0.717) is 18.1 Å². The van der Waals surface area contributed by atoms with Crippen molar-refractivity contribution in [2.24, 2.45) is 0 Å². The highest BCUT2D eigenvalue weighted by atomic mass is 16.5. The number of nitrogens with zero attached hydrogens (tertiary/aromatic N) is 3. The van der Waals surface area contributed by atoms with E-state index in [1.54, 1.807) is 13.8 Å². The van der Waals surface area contributed by atoms with Gasteiger partial charge in [0.2, 0.25) is 0 Å². The molecule has 0 atom stereocenters. The number of aromatic nitrogens is 2. The second-order valence-corrected chi connectivity index (χ2v) is 5.45. The summed E-state index contributed by atoms with van der Waals surface area (Å²) >= 11 is 0. The van der Waals surface area contributed by atoms with Crippen molar-refractivity contribution in [1.82, 2.24) is 10.1 Å². The van der Waals surface area contributed by atoms with E-state index in [1.807, 2.05) is 43.3 Å². The van der Waals surface area contributed by atoms with Gasteiger partial charge in [-0.15, -0.1) is 0 Å². The maximum Gasteiger partial charge on any atom is 0.257 e. The predicted octanol–water partition coefficient (Wildman–Crippen LogP) is 2.12. The molecule has 102 valence electrons. The van der Waals surface area contributed by atoms with E-state index in [2.05, 4.69) is 10.1 Å². The topological polar surface area (TPSA) is 62.4 Å². The molecule has 1 aromatic heterocycles. The Balaban J connectivity index is 2.25. The molecule has 0 amide bonds. The average molecular weight is 261 g/mol. The molecule has 0 bridgehead atoms. The molecule has 5 nitrogen and oxygen atoms in total. The molecule has 1 heterocycles. The first-order valence-electron chi connectivity index (χ1n) is 6.18. The van der Waals surface area contributed by atoms with Gasteiger partial charge in [0.05, 0.1) is 5.60 Å². The Morgan fingerprint density at radius 1 is 1.32 bits per heavy atom. The lowest BCUT2D eigenvalue weighted by Crippen LogP contribution is -2.22. The van der Waals surface area contributed by atoms with Gasteiger partial charge < -0.3 is 14.5 Å². The highest BCUT2D eigenvalue weighted by molar-refractivity contribution is 5.61. The van der Waals surface area contributed by atoms with Crippen molar-refractivity contribution < 1.29 is 9.63 Å². The Labute approximate surface area is 112 Å². The van der Waals surface area contributed by atoms with Crippen LogP contribution in [0.5, 0.6) is 0 Å². The minimum absolute atomic E-state index is 0.365. The number of anilines is 1. The number of benzene rings is 1. The van der Waals surface area contributed by atoms with Crippen LogP contribution in [0.3, 0.4) is 0 Å². The van der Waals surface area contributed by atoms with Crippen molar-refractivity contribution in [3.8, 4) is 11.5 Å². The first kappa shape index (κ1) is 13.5. The van der Waals surface area contributed by atoms with E-state index < -0.39 is 5.60 Å². The summed E-state index contributed by atoms with van der Waals surface area (Å²) < 4.78 is 5.24. The molecule has 1 aromatic carbocycles. The summed E-state index contributed by atoms with van der Waals surface area (Å²) in [6.07, 6.45) is 0.365. The van der Waals surface area contributed by atoms with E-state index in [1.165, 1.54) is 0 Å². The molecular formula is C14H19N3O2. The maximum absolute atomic E-state index is 9.74. The van der Waals surface area contributed by atoms with E-state index >= 15 is 0 Å². The largest absolute Gasteiger partial charge is 0.390 e. The normalized spacial score (nSPS) is 11.6. The van der Waals surface area contributed by atoms with Crippen molar-refractivity contribution in [3.63, 3.8) is 0 Å². The van der Waals surface area contributed by atoms with Gasteiger partial charge in [-0.3, -0.25) is 0 Å². The Bertz CT molecular complexity index is 556. The molecule has 1 N–H and O–H groups in total. The van der Waals surface area contributed by atoms with E-state index in [9.17, 15) is 5.11 Å². The van der Waals surface area contributed by atoms with Gasteiger partial charge in [0.1, 0.15) is 0 Å². The molecular weight excluding hydrogens is 242 g/mol. The predicted molar refractivity (Wildman–Crippen MR) is 74.1 cm³/mol. The fraction of sp³-hybridized carbons (Fsp3) is 0.429. The summed E-state index contributed by atoms with van der Waals surface area (Å²) in [5, 5.41) is 13.6. The Kier molecular flexibility index (Phi) is 3.57. The summed E-state index contributed by atoms with van der Waals surface area (Å²) in [5.74, 6) is 0.987. The molecule has 19 heavy (non-hydrogen) atoms. The Morgan fingerprint density at radius 2 is 2.05 bits per heavy atom. The van der Waals surface area contributed by atoms with Gasteiger partial charge in [0.25, 0.3) is 5.89 Å². The monoisotopic (exact) mass is 261 g/mol. The average Bonchev–Trinajstić information content (AvgIpc) is 2.75. The van der Waals surface area contributed by atoms with Crippen LogP contribution in [0.2, 0.25) is 0 Å². The molecule has 0 saturated heterocycles. The minimum Gasteiger partial charge on any atom is -0.390 e. The van der Waals surface area contributed by atoms with Crippen LogP contribution in [-0.4, -0.2) is 34.9 Å². The lowest BCUT2D eigenvalue weighted by molar-refractivity contribution is 0.0781. The molecule has 0 saturated carbocycles. The molecule has 0 aliphatic rings. The summed E-state index contributed by atoms with van der Waals surface area (Å²) in [6.45, 7) is 3.44. The van der Waals surface area contributed by atoms with Gasteiger partial charge in [-0.1, -0.05) is 11.2 Å². The third-order valence-corrected chi connectivity index (χ3v) is 2.67. The first-order valence-corrected chi connectivity index (χ1v) is 6.18. The van der Waals surface area contributed by atoms with Crippen molar-refractivity contribution in [2.75, 3.05) is 19.0 Å². The molecule has 0 fully saturated rings. The fourth-order valence-electron chi connectivity index (χ4n) is 1.75. The third-order valence-electron chi connectivity index (χ3n) is 2.67. The third kappa shape index (κ3) is 3.54. The van der Waals surface area contributed by atoms with Crippen LogP contribution in [0.25, 0.3) is 11.5 Å². The number of rotatable bonds is 4. The fourth-order valence-corrected chi connectivity index (χ4v) is 1.75. The molecule has 0 unspecified atom stereocenters. The van der Waals surface area contributed by atoms with Crippen LogP contribution in [-0.2, 0) is 6.42 Å². The van der Waals surface area contributed by atoms with Crippen molar-refractivity contribution in [3.05, 3.63) is 30.1 Å². The second-order valence-electron chi connectivity index (χ2n) is 5.45. The lowest BCUT2D eigenvalue weighted by Gasteiger charge is -2.13. The van der Waals surface area contributed by atoms with Crippen LogP contribution in [0.1, 0.15) is 19.7 Å². The molecule has 0 aliphatic carbocycles. The number of hydrogen-bond acceptors (Lipinski definition) is 5. The molecule has 5 heteroatoms. The van der Waals surface area contributed by atoms with Gasteiger partial charge in [0, 0.05) is 31.8 Å². The van der Waals surface area contributed by atoms with Crippen molar-refractivity contribution in [2.45, 2.75) is 25.9 Å². The van der Waals surface area contributed by atoms with Crippen molar-refractivity contribution >= 4 is 5.69 Å². The zero-order chi connectivity index (χ0) is 14.0. The van der Waals surface area contributed by atoms with Gasteiger partial charge in [-0.25, -0.2) is 0 Å².